The molecular formula is C13H29O3P. The molecule has 0 aromatic rings. The lowest BCUT2D eigenvalue weighted by Gasteiger charge is -2.39. The molecule has 0 bridgehead atoms. The maximum absolute atomic E-state index is 5.93. The Balaban J connectivity index is 5.03. The van der Waals surface area contributed by atoms with Gasteiger partial charge >= 0.3 is 0 Å². The minimum absolute atomic E-state index is 0.341. The SMILES string of the molecule is C=P(OC(C)(C)C)(OC(C)(C)C)OC(C)(C)C. The van der Waals surface area contributed by atoms with E-state index in [0.717, 1.165) is 0 Å². The summed E-state index contributed by atoms with van der Waals surface area (Å²) in [6.45, 7) is 17.8. The molecule has 0 radical (unpaired) electrons. The third-order valence-electron chi connectivity index (χ3n) is 1.24. The number of rotatable bonds is 3. The lowest BCUT2D eigenvalue weighted by molar-refractivity contribution is -0.00171. The summed E-state index contributed by atoms with van der Waals surface area (Å²) in [6.07, 6.45) is 4.07. The summed E-state index contributed by atoms with van der Waals surface area (Å²) in [7, 11) is -2.58. The van der Waals surface area contributed by atoms with Crippen LogP contribution in [0, 0.1) is 0 Å². The van der Waals surface area contributed by atoms with Crippen LogP contribution in [0.3, 0.4) is 0 Å². The quantitative estimate of drug-likeness (QED) is 0.696. The first-order chi connectivity index (χ1) is 7.12. The molecule has 0 N–H and O–H groups in total. The van der Waals surface area contributed by atoms with Crippen LogP contribution in [0.15, 0.2) is 0 Å². The van der Waals surface area contributed by atoms with E-state index in [1.165, 1.54) is 0 Å². The molecule has 0 fully saturated rings. The normalized spacial score (nSPS) is 15.1. The van der Waals surface area contributed by atoms with Crippen molar-refractivity contribution in [1.29, 1.82) is 0 Å². The maximum Gasteiger partial charge on any atom is 0.252 e. The zero-order valence-corrected chi connectivity index (χ0v) is 13.8. The summed E-state index contributed by atoms with van der Waals surface area (Å²) in [4.78, 5) is 0. The standard InChI is InChI=1S/C13H29O3P/c1-11(2,3)14-17(10,15-12(4,5)6)16-13(7,8)9/h10H2,1-9H3. The van der Waals surface area contributed by atoms with Crippen molar-refractivity contribution in [1.82, 2.24) is 0 Å². The highest BCUT2D eigenvalue weighted by molar-refractivity contribution is 7.59. The Labute approximate surface area is 107 Å². The van der Waals surface area contributed by atoms with Gasteiger partial charge in [0.05, 0.1) is 16.8 Å². The lowest BCUT2D eigenvalue weighted by Crippen LogP contribution is -2.28. The van der Waals surface area contributed by atoms with Crippen molar-refractivity contribution in [2.45, 2.75) is 79.1 Å². The van der Waals surface area contributed by atoms with E-state index in [9.17, 15) is 0 Å². The van der Waals surface area contributed by atoms with Gasteiger partial charge in [-0.25, -0.2) is 0 Å². The zero-order chi connectivity index (χ0) is 14.1. The minimum atomic E-state index is -2.58. The minimum Gasteiger partial charge on any atom is -0.312 e. The van der Waals surface area contributed by atoms with Gasteiger partial charge < -0.3 is 13.6 Å². The van der Waals surface area contributed by atoms with Gasteiger partial charge in [0.15, 0.2) is 0 Å². The second-order valence-corrected chi connectivity index (χ2v) is 8.99. The zero-order valence-electron chi connectivity index (χ0n) is 12.9. The first-order valence-electron chi connectivity index (χ1n) is 5.98. The molecule has 0 aliphatic carbocycles. The second-order valence-electron chi connectivity index (χ2n) is 7.22. The first kappa shape index (κ1) is 17.2. The highest BCUT2D eigenvalue weighted by Crippen LogP contribution is 2.57. The Morgan fingerprint density at radius 3 is 0.882 bits per heavy atom. The molecule has 0 aliphatic rings. The van der Waals surface area contributed by atoms with Crippen molar-refractivity contribution >= 4 is 13.9 Å². The molecule has 0 aliphatic heterocycles. The molecule has 0 saturated carbocycles. The van der Waals surface area contributed by atoms with Crippen LogP contribution >= 0.6 is 7.57 Å². The number of hydrogen-bond donors (Lipinski definition) is 0. The van der Waals surface area contributed by atoms with E-state index >= 15 is 0 Å². The monoisotopic (exact) mass is 264 g/mol. The average molecular weight is 264 g/mol. The predicted octanol–water partition coefficient (Wildman–Crippen LogP) is 4.63. The molecule has 4 heteroatoms. The van der Waals surface area contributed by atoms with Crippen molar-refractivity contribution in [3.63, 3.8) is 0 Å². The number of hydrogen-bond acceptors (Lipinski definition) is 3. The van der Waals surface area contributed by atoms with Crippen molar-refractivity contribution in [3.8, 4) is 0 Å². The topological polar surface area (TPSA) is 27.7 Å². The van der Waals surface area contributed by atoms with Gasteiger partial charge in [-0.15, -0.1) is 0 Å². The molecule has 0 saturated heterocycles. The fourth-order valence-corrected chi connectivity index (χ4v) is 3.92. The summed E-state index contributed by atoms with van der Waals surface area (Å²) >= 11 is 0. The Morgan fingerprint density at radius 1 is 0.588 bits per heavy atom. The van der Waals surface area contributed by atoms with Crippen LogP contribution < -0.4 is 0 Å². The highest BCUT2D eigenvalue weighted by Gasteiger charge is 2.33. The molecule has 0 aromatic heterocycles. The molecule has 0 unspecified atom stereocenters. The van der Waals surface area contributed by atoms with Crippen LogP contribution in [-0.2, 0) is 13.6 Å². The van der Waals surface area contributed by atoms with Gasteiger partial charge in [-0.05, 0) is 68.6 Å². The molecule has 0 atom stereocenters. The van der Waals surface area contributed by atoms with E-state index in [1.807, 2.05) is 62.3 Å². The van der Waals surface area contributed by atoms with Gasteiger partial charge in [0.1, 0.15) is 0 Å². The van der Waals surface area contributed by atoms with Gasteiger partial charge in [-0.3, -0.25) is 0 Å². The molecule has 0 amide bonds. The van der Waals surface area contributed by atoms with E-state index in [2.05, 4.69) is 6.30 Å². The lowest BCUT2D eigenvalue weighted by atomic mass is 10.2. The fraction of sp³-hybridized carbons (Fsp3) is 0.923. The van der Waals surface area contributed by atoms with E-state index in [0.29, 0.717) is 0 Å². The molecule has 0 heterocycles. The third-order valence-corrected chi connectivity index (χ3v) is 3.72. The van der Waals surface area contributed by atoms with Gasteiger partial charge in [0, 0.05) is 0 Å². The Kier molecular flexibility index (Phi) is 5.10. The van der Waals surface area contributed by atoms with Gasteiger partial charge in [-0.2, -0.15) is 0 Å². The molecular weight excluding hydrogens is 235 g/mol. The van der Waals surface area contributed by atoms with Gasteiger partial charge in [0.2, 0.25) is 0 Å². The molecule has 0 rings (SSSR count). The predicted molar refractivity (Wildman–Crippen MR) is 76.6 cm³/mol. The molecule has 0 aromatic carbocycles. The summed E-state index contributed by atoms with van der Waals surface area (Å²) < 4.78 is 17.8. The molecule has 0 spiro atoms. The van der Waals surface area contributed by atoms with Gasteiger partial charge in [-0.1, -0.05) is 0 Å². The molecule has 3 nitrogen and oxygen atoms in total. The molecule has 17 heavy (non-hydrogen) atoms. The van der Waals surface area contributed by atoms with Crippen molar-refractivity contribution in [2.75, 3.05) is 0 Å². The Bertz CT molecular complexity index is 242. The molecule has 104 valence electrons. The average Bonchev–Trinajstić information content (AvgIpc) is 1.65. The summed E-state index contributed by atoms with van der Waals surface area (Å²) in [5.41, 5.74) is -1.02. The first-order valence-corrected chi connectivity index (χ1v) is 7.70. The Morgan fingerprint density at radius 2 is 0.765 bits per heavy atom. The fourth-order valence-electron chi connectivity index (χ4n) is 1.31. The summed E-state index contributed by atoms with van der Waals surface area (Å²) in [5, 5.41) is 0. The summed E-state index contributed by atoms with van der Waals surface area (Å²) in [5.74, 6) is 0. The van der Waals surface area contributed by atoms with Crippen LogP contribution in [0.5, 0.6) is 0 Å². The van der Waals surface area contributed by atoms with Gasteiger partial charge in [0.25, 0.3) is 7.57 Å². The highest BCUT2D eigenvalue weighted by atomic mass is 31.2. The van der Waals surface area contributed by atoms with E-state index in [1.54, 1.807) is 0 Å². The van der Waals surface area contributed by atoms with Crippen LogP contribution in [0.4, 0.5) is 0 Å². The van der Waals surface area contributed by atoms with Crippen molar-refractivity contribution in [2.24, 2.45) is 0 Å². The smallest absolute Gasteiger partial charge is 0.252 e. The van der Waals surface area contributed by atoms with Crippen LogP contribution in [0.25, 0.3) is 0 Å². The van der Waals surface area contributed by atoms with Crippen LogP contribution in [0.2, 0.25) is 0 Å². The van der Waals surface area contributed by atoms with Crippen molar-refractivity contribution in [3.05, 3.63) is 0 Å². The van der Waals surface area contributed by atoms with E-state index in [4.69, 9.17) is 13.6 Å². The maximum atomic E-state index is 5.93. The van der Waals surface area contributed by atoms with Crippen LogP contribution in [-0.4, -0.2) is 23.1 Å². The summed E-state index contributed by atoms with van der Waals surface area (Å²) in [6, 6.07) is 0. The van der Waals surface area contributed by atoms with Crippen molar-refractivity contribution < 1.29 is 13.6 Å². The van der Waals surface area contributed by atoms with E-state index < -0.39 is 7.57 Å². The van der Waals surface area contributed by atoms with Crippen LogP contribution in [0.1, 0.15) is 62.3 Å². The third kappa shape index (κ3) is 9.84. The Hall–Kier alpha value is 0.180. The largest absolute Gasteiger partial charge is 0.312 e. The second kappa shape index (κ2) is 5.05. The van der Waals surface area contributed by atoms with E-state index in [-0.39, 0.29) is 16.8 Å².